The molecule has 0 atom stereocenters. The number of aromatic nitrogens is 1. The molecular formula is C16H16BrNO3. The van der Waals surface area contributed by atoms with Gasteiger partial charge in [-0.2, -0.15) is 0 Å². The summed E-state index contributed by atoms with van der Waals surface area (Å²) in [6.45, 7) is 5.93. The number of aromatic carboxylic acids is 1. The van der Waals surface area contributed by atoms with Gasteiger partial charge in [0, 0.05) is 16.0 Å². The second-order valence-corrected chi connectivity index (χ2v) is 6.61. The Hall–Kier alpha value is -1.88. The van der Waals surface area contributed by atoms with Crippen LogP contribution in [0.4, 0.5) is 0 Å². The average molecular weight is 350 g/mol. The molecule has 0 aliphatic heterocycles. The molecule has 4 nitrogen and oxygen atoms in total. The smallest absolute Gasteiger partial charge is 0.335 e. The molecule has 0 aliphatic carbocycles. The van der Waals surface area contributed by atoms with Crippen LogP contribution >= 0.6 is 15.9 Å². The summed E-state index contributed by atoms with van der Waals surface area (Å²) >= 11 is 3.36. The number of benzene rings is 1. The molecule has 0 radical (unpaired) electrons. The first kappa shape index (κ1) is 15.5. The summed E-state index contributed by atoms with van der Waals surface area (Å²) in [6, 6.07) is 10.3. The summed E-state index contributed by atoms with van der Waals surface area (Å²) < 4.78 is 6.56. The van der Waals surface area contributed by atoms with E-state index in [9.17, 15) is 9.90 Å². The van der Waals surface area contributed by atoms with Crippen molar-refractivity contribution in [2.24, 2.45) is 0 Å². The quantitative estimate of drug-likeness (QED) is 0.877. The predicted molar refractivity (Wildman–Crippen MR) is 84.1 cm³/mol. The van der Waals surface area contributed by atoms with Crippen LogP contribution in [0.25, 0.3) is 0 Å². The van der Waals surface area contributed by atoms with Crippen molar-refractivity contribution < 1.29 is 14.6 Å². The lowest BCUT2D eigenvalue weighted by molar-refractivity contribution is 0.0696. The predicted octanol–water partition coefficient (Wildman–Crippen LogP) is 4.63. The lowest BCUT2D eigenvalue weighted by Gasteiger charge is -2.19. The van der Waals surface area contributed by atoms with Gasteiger partial charge in [0.25, 0.3) is 0 Å². The highest BCUT2D eigenvalue weighted by molar-refractivity contribution is 9.10. The standard InChI is InChI=1S/C16H16BrNO3/c1-16(2,3)13-7-10(15(19)20)8-14(18-13)21-12-6-4-5-11(17)9-12/h4-9H,1-3H3,(H,19,20). The van der Waals surface area contributed by atoms with Crippen LogP contribution in [0.5, 0.6) is 11.6 Å². The van der Waals surface area contributed by atoms with Gasteiger partial charge in [-0.25, -0.2) is 9.78 Å². The lowest BCUT2D eigenvalue weighted by atomic mass is 9.91. The maximum atomic E-state index is 11.2. The first-order chi connectivity index (χ1) is 9.75. The Morgan fingerprint density at radius 3 is 2.52 bits per heavy atom. The van der Waals surface area contributed by atoms with Gasteiger partial charge in [0.05, 0.1) is 11.3 Å². The summed E-state index contributed by atoms with van der Waals surface area (Å²) in [5, 5.41) is 9.22. The van der Waals surface area contributed by atoms with Crippen molar-refractivity contribution in [2.75, 3.05) is 0 Å². The van der Waals surface area contributed by atoms with E-state index in [1.807, 2.05) is 32.9 Å². The molecule has 0 amide bonds. The third-order valence-corrected chi connectivity index (χ3v) is 3.33. The van der Waals surface area contributed by atoms with Gasteiger partial charge in [0.15, 0.2) is 0 Å². The van der Waals surface area contributed by atoms with Crippen LogP contribution in [0, 0.1) is 0 Å². The van der Waals surface area contributed by atoms with Gasteiger partial charge in [0.1, 0.15) is 5.75 Å². The molecule has 2 rings (SSSR count). The van der Waals surface area contributed by atoms with Crippen LogP contribution in [-0.2, 0) is 5.41 Å². The molecule has 0 spiro atoms. The fraction of sp³-hybridized carbons (Fsp3) is 0.250. The Labute approximate surface area is 131 Å². The molecule has 2 aromatic rings. The van der Waals surface area contributed by atoms with E-state index in [1.165, 1.54) is 6.07 Å². The van der Waals surface area contributed by atoms with E-state index in [4.69, 9.17) is 4.74 Å². The van der Waals surface area contributed by atoms with Crippen molar-refractivity contribution >= 4 is 21.9 Å². The van der Waals surface area contributed by atoms with E-state index in [2.05, 4.69) is 20.9 Å². The van der Waals surface area contributed by atoms with Crippen LogP contribution in [0.15, 0.2) is 40.9 Å². The average Bonchev–Trinajstić information content (AvgIpc) is 2.37. The number of halogens is 1. The first-order valence-corrected chi connectivity index (χ1v) is 7.24. The maximum Gasteiger partial charge on any atom is 0.335 e. The van der Waals surface area contributed by atoms with Crippen molar-refractivity contribution in [3.63, 3.8) is 0 Å². The molecule has 110 valence electrons. The molecule has 0 unspecified atom stereocenters. The number of carbonyl (C=O) groups is 1. The number of hydrogen-bond acceptors (Lipinski definition) is 3. The van der Waals surface area contributed by atoms with E-state index < -0.39 is 5.97 Å². The van der Waals surface area contributed by atoms with Crippen LogP contribution in [0.2, 0.25) is 0 Å². The highest BCUT2D eigenvalue weighted by Crippen LogP contribution is 2.28. The summed E-state index contributed by atoms with van der Waals surface area (Å²) in [5.41, 5.74) is 0.577. The highest BCUT2D eigenvalue weighted by atomic mass is 79.9. The zero-order valence-corrected chi connectivity index (χ0v) is 13.6. The lowest BCUT2D eigenvalue weighted by Crippen LogP contribution is -2.15. The molecule has 1 N–H and O–H groups in total. The maximum absolute atomic E-state index is 11.2. The molecule has 0 aliphatic rings. The van der Waals surface area contributed by atoms with Crippen molar-refractivity contribution in [2.45, 2.75) is 26.2 Å². The van der Waals surface area contributed by atoms with Crippen LogP contribution < -0.4 is 4.74 Å². The van der Waals surface area contributed by atoms with Gasteiger partial charge in [-0.05, 0) is 24.3 Å². The van der Waals surface area contributed by atoms with Gasteiger partial charge in [-0.1, -0.05) is 42.8 Å². The second-order valence-electron chi connectivity index (χ2n) is 5.69. The number of ether oxygens (including phenoxy) is 1. The number of carboxylic acid groups (broad SMARTS) is 1. The van der Waals surface area contributed by atoms with Crippen molar-refractivity contribution in [1.29, 1.82) is 0 Å². The zero-order chi connectivity index (χ0) is 15.6. The van der Waals surface area contributed by atoms with Gasteiger partial charge in [-0.15, -0.1) is 0 Å². The van der Waals surface area contributed by atoms with Gasteiger partial charge < -0.3 is 9.84 Å². The Morgan fingerprint density at radius 2 is 1.95 bits per heavy atom. The van der Waals surface area contributed by atoms with Crippen molar-refractivity contribution in [3.05, 3.63) is 52.1 Å². The molecular weight excluding hydrogens is 334 g/mol. The number of rotatable bonds is 3. The minimum absolute atomic E-state index is 0.167. The molecule has 1 aromatic heterocycles. The Kier molecular flexibility index (Phi) is 4.32. The number of pyridine rings is 1. The summed E-state index contributed by atoms with van der Waals surface area (Å²) in [7, 11) is 0. The van der Waals surface area contributed by atoms with Crippen LogP contribution in [0.1, 0.15) is 36.8 Å². The molecule has 5 heteroatoms. The van der Waals surface area contributed by atoms with Crippen LogP contribution in [0.3, 0.4) is 0 Å². The number of nitrogens with zero attached hydrogens (tertiary/aromatic N) is 1. The second kappa shape index (κ2) is 5.85. The zero-order valence-electron chi connectivity index (χ0n) is 12.1. The molecule has 0 saturated heterocycles. The number of carboxylic acids is 1. The topological polar surface area (TPSA) is 59.4 Å². The third-order valence-electron chi connectivity index (χ3n) is 2.84. The van der Waals surface area contributed by atoms with Crippen LogP contribution in [-0.4, -0.2) is 16.1 Å². The monoisotopic (exact) mass is 349 g/mol. The summed E-state index contributed by atoms with van der Waals surface area (Å²) in [6.07, 6.45) is 0. The normalized spacial score (nSPS) is 11.2. The van der Waals surface area contributed by atoms with E-state index in [-0.39, 0.29) is 16.9 Å². The molecule has 0 bridgehead atoms. The van der Waals surface area contributed by atoms with Gasteiger partial charge in [-0.3, -0.25) is 0 Å². The summed E-state index contributed by atoms with van der Waals surface area (Å²) in [5.74, 6) is -0.126. The van der Waals surface area contributed by atoms with E-state index in [0.29, 0.717) is 11.4 Å². The fourth-order valence-corrected chi connectivity index (χ4v) is 2.09. The minimum atomic E-state index is -0.998. The fourth-order valence-electron chi connectivity index (χ4n) is 1.72. The van der Waals surface area contributed by atoms with Crippen molar-refractivity contribution in [1.82, 2.24) is 4.98 Å². The molecule has 21 heavy (non-hydrogen) atoms. The van der Waals surface area contributed by atoms with E-state index >= 15 is 0 Å². The van der Waals surface area contributed by atoms with E-state index in [0.717, 1.165) is 4.47 Å². The Morgan fingerprint density at radius 1 is 1.24 bits per heavy atom. The minimum Gasteiger partial charge on any atom is -0.478 e. The first-order valence-electron chi connectivity index (χ1n) is 6.45. The molecule has 0 saturated carbocycles. The molecule has 0 fully saturated rings. The molecule has 1 heterocycles. The van der Waals surface area contributed by atoms with E-state index in [1.54, 1.807) is 18.2 Å². The Balaban J connectivity index is 2.43. The Bertz CT molecular complexity index is 677. The van der Waals surface area contributed by atoms with Gasteiger partial charge >= 0.3 is 5.97 Å². The van der Waals surface area contributed by atoms with Crippen molar-refractivity contribution in [3.8, 4) is 11.6 Å². The largest absolute Gasteiger partial charge is 0.478 e. The highest BCUT2D eigenvalue weighted by Gasteiger charge is 2.19. The SMILES string of the molecule is CC(C)(C)c1cc(C(=O)O)cc(Oc2cccc(Br)c2)n1. The number of hydrogen-bond donors (Lipinski definition) is 1. The third kappa shape index (κ3) is 4.04. The molecule has 1 aromatic carbocycles. The van der Waals surface area contributed by atoms with Gasteiger partial charge in [0.2, 0.25) is 5.88 Å². The summed E-state index contributed by atoms with van der Waals surface area (Å²) in [4.78, 5) is 15.7.